The molecule has 2 atom stereocenters. The van der Waals surface area contributed by atoms with Gasteiger partial charge in [0.15, 0.2) is 0 Å². The highest BCUT2D eigenvalue weighted by Gasteiger charge is 2.18. The molecule has 1 nitrogen and oxygen atoms in total. The molecule has 1 fully saturated rings. The van der Waals surface area contributed by atoms with E-state index in [1.54, 1.807) is 0 Å². The van der Waals surface area contributed by atoms with E-state index < -0.39 is 6.17 Å². The fourth-order valence-corrected chi connectivity index (χ4v) is 0.879. The van der Waals surface area contributed by atoms with Crippen molar-refractivity contribution < 1.29 is 4.39 Å². The molecule has 1 aliphatic rings. The smallest absolute Gasteiger partial charge is 0.114 e. The van der Waals surface area contributed by atoms with E-state index in [1.165, 1.54) is 0 Å². The SMILES string of the molecule is C[C@H]1CC(F)CN1. The summed E-state index contributed by atoms with van der Waals surface area (Å²) in [5, 5.41) is 2.99. The molecule has 0 amide bonds. The van der Waals surface area contributed by atoms with Crippen molar-refractivity contribution in [1.82, 2.24) is 5.32 Å². The molecule has 0 saturated carbocycles. The third-order valence-electron chi connectivity index (χ3n) is 1.30. The van der Waals surface area contributed by atoms with Gasteiger partial charge in [-0.25, -0.2) is 4.39 Å². The maximum atomic E-state index is 12.1. The molecule has 0 radical (unpaired) electrons. The van der Waals surface area contributed by atoms with Crippen molar-refractivity contribution in [1.29, 1.82) is 0 Å². The number of halogens is 1. The van der Waals surface area contributed by atoms with Crippen molar-refractivity contribution in [2.45, 2.75) is 25.6 Å². The highest BCUT2D eigenvalue weighted by atomic mass is 19.1. The monoisotopic (exact) mass is 103 g/mol. The van der Waals surface area contributed by atoms with Crippen LogP contribution in [-0.2, 0) is 0 Å². The first-order chi connectivity index (χ1) is 3.29. The van der Waals surface area contributed by atoms with Crippen LogP contribution in [-0.4, -0.2) is 18.8 Å². The van der Waals surface area contributed by atoms with Crippen molar-refractivity contribution in [3.63, 3.8) is 0 Å². The standard InChI is InChI=1S/C5H10FN/c1-4-2-5(6)3-7-4/h4-5,7H,2-3H2,1H3/t4-,5?/m0/s1. The molecule has 0 aromatic carbocycles. The Bertz CT molecular complexity index is 57.1. The number of nitrogens with one attached hydrogen (secondary N) is 1. The summed E-state index contributed by atoms with van der Waals surface area (Å²) in [6.07, 6.45) is 0.106. The Kier molecular flexibility index (Phi) is 1.28. The molecule has 1 saturated heterocycles. The molecule has 1 heterocycles. The molecule has 2 heteroatoms. The Morgan fingerprint density at radius 2 is 2.43 bits per heavy atom. The fourth-order valence-electron chi connectivity index (χ4n) is 0.879. The third kappa shape index (κ3) is 1.13. The zero-order chi connectivity index (χ0) is 5.28. The molecular weight excluding hydrogens is 93.1 g/mol. The van der Waals surface area contributed by atoms with E-state index in [1.807, 2.05) is 6.92 Å². The minimum atomic E-state index is -0.588. The Hall–Kier alpha value is -0.110. The highest BCUT2D eigenvalue weighted by molar-refractivity contribution is 4.76. The Morgan fingerprint density at radius 1 is 1.71 bits per heavy atom. The molecule has 1 unspecified atom stereocenters. The molecule has 0 aromatic rings. The first-order valence-corrected chi connectivity index (χ1v) is 2.66. The molecule has 1 aliphatic heterocycles. The number of hydrogen-bond acceptors (Lipinski definition) is 1. The van der Waals surface area contributed by atoms with Crippen LogP contribution < -0.4 is 5.32 Å². The van der Waals surface area contributed by atoms with Crippen LogP contribution in [0.25, 0.3) is 0 Å². The minimum Gasteiger partial charge on any atom is -0.311 e. The van der Waals surface area contributed by atoms with Crippen LogP contribution >= 0.6 is 0 Å². The lowest BCUT2D eigenvalue weighted by atomic mass is 10.2. The summed E-state index contributed by atoms with van der Waals surface area (Å²) in [7, 11) is 0. The van der Waals surface area contributed by atoms with Gasteiger partial charge in [-0.3, -0.25) is 0 Å². The van der Waals surface area contributed by atoms with Crippen molar-refractivity contribution in [2.75, 3.05) is 6.54 Å². The zero-order valence-electron chi connectivity index (χ0n) is 4.45. The van der Waals surface area contributed by atoms with Crippen LogP contribution in [0, 0.1) is 0 Å². The molecule has 0 bridgehead atoms. The fraction of sp³-hybridized carbons (Fsp3) is 1.00. The molecule has 1 N–H and O–H groups in total. The average molecular weight is 103 g/mol. The number of alkyl halides is 1. The predicted octanol–water partition coefficient (Wildman–Crippen LogP) is 0.706. The van der Waals surface area contributed by atoms with E-state index >= 15 is 0 Å². The lowest BCUT2D eigenvalue weighted by molar-refractivity contribution is 0.357. The van der Waals surface area contributed by atoms with E-state index in [-0.39, 0.29) is 0 Å². The maximum Gasteiger partial charge on any atom is 0.114 e. The molecule has 0 aromatic heterocycles. The van der Waals surface area contributed by atoms with Gasteiger partial charge in [-0.1, -0.05) is 0 Å². The van der Waals surface area contributed by atoms with Gasteiger partial charge in [-0.05, 0) is 13.3 Å². The van der Waals surface area contributed by atoms with E-state index in [9.17, 15) is 4.39 Å². The van der Waals surface area contributed by atoms with Gasteiger partial charge in [-0.15, -0.1) is 0 Å². The number of hydrogen-bond donors (Lipinski definition) is 1. The van der Waals surface area contributed by atoms with Crippen molar-refractivity contribution in [3.05, 3.63) is 0 Å². The Balaban J connectivity index is 2.26. The molecular formula is C5H10FN. The summed E-state index contributed by atoms with van der Waals surface area (Å²) in [6, 6.07) is 0.398. The summed E-state index contributed by atoms with van der Waals surface area (Å²) < 4.78 is 12.1. The summed E-state index contributed by atoms with van der Waals surface area (Å²) in [5.41, 5.74) is 0. The maximum absolute atomic E-state index is 12.1. The van der Waals surface area contributed by atoms with E-state index in [0.29, 0.717) is 19.0 Å². The average Bonchev–Trinajstić information content (AvgIpc) is 1.87. The van der Waals surface area contributed by atoms with Gasteiger partial charge in [0.05, 0.1) is 0 Å². The van der Waals surface area contributed by atoms with Gasteiger partial charge in [0.1, 0.15) is 6.17 Å². The van der Waals surface area contributed by atoms with E-state index in [4.69, 9.17) is 0 Å². The molecule has 0 spiro atoms. The Labute approximate surface area is 42.9 Å². The largest absolute Gasteiger partial charge is 0.311 e. The summed E-state index contributed by atoms with van der Waals surface area (Å²) in [5.74, 6) is 0. The summed E-state index contributed by atoms with van der Waals surface area (Å²) >= 11 is 0. The highest BCUT2D eigenvalue weighted by Crippen LogP contribution is 2.07. The normalized spacial score (nSPS) is 42.0. The van der Waals surface area contributed by atoms with E-state index in [2.05, 4.69) is 5.32 Å². The van der Waals surface area contributed by atoms with Gasteiger partial charge in [0.2, 0.25) is 0 Å². The van der Waals surface area contributed by atoms with Crippen LogP contribution in [0.4, 0.5) is 4.39 Å². The van der Waals surface area contributed by atoms with Crippen LogP contribution in [0.15, 0.2) is 0 Å². The van der Waals surface area contributed by atoms with E-state index in [0.717, 1.165) is 0 Å². The van der Waals surface area contributed by atoms with Gasteiger partial charge in [0.25, 0.3) is 0 Å². The summed E-state index contributed by atoms with van der Waals surface area (Å²) in [6.45, 7) is 2.56. The first-order valence-electron chi connectivity index (χ1n) is 2.66. The zero-order valence-corrected chi connectivity index (χ0v) is 4.45. The van der Waals surface area contributed by atoms with Gasteiger partial charge in [-0.2, -0.15) is 0 Å². The number of rotatable bonds is 0. The molecule has 7 heavy (non-hydrogen) atoms. The Morgan fingerprint density at radius 3 is 2.57 bits per heavy atom. The lowest BCUT2D eigenvalue weighted by Gasteiger charge is -1.94. The second-order valence-corrected chi connectivity index (χ2v) is 2.14. The first kappa shape index (κ1) is 5.04. The van der Waals surface area contributed by atoms with Crippen molar-refractivity contribution in [2.24, 2.45) is 0 Å². The van der Waals surface area contributed by atoms with Crippen molar-refractivity contribution >= 4 is 0 Å². The second-order valence-electron chi connectivity index (χ2n) is 2.14. The minimum absolute atomic E-state index is 0.398. The van der Waals surface area contributed by atoms with Gasteiger partial charge < -0.3 is 5.32 Å². The molecule has 0 aliphatic carbocycles. The lowest BCUT2D eigenvalue weighted by Crippen LogP contribution is -2.16. The second kappa shape index (κ2) is 1.78. The predicted molar refractivity (Wildman–Crippen MR) is 27.0 cm³/mol. The van der Waals surface area contributed by atoms with Crippen LogP contribution in [0.5, 0.6) is 0 Å². The van der Waals surface area contributed by atoms with Gasteiger partial charge in [0, 0.05) is 12.6 Å². The summed E-state index contributed by atoms with van der Waals surface area (Å²) in [4.78, 5) is 0. The topological polar surface area (TPSA) is 12.0 Å². The van der Waals surface area contributed by atoms with Crippen LogP contribution in [0.2, 0.25) is 0 Å². The van der Waals surface area contributed by atoms with Gasteiger partial charge >= 0.3 is 0 Å². The third-order valence-corrected chi connectivity index (χ3v) is 1.30. The van der Waals surface area contributed by atoms with Crippen molar-refractivity contribution in [3.8, 4) is 0 Å². The quantitative estimate of drug-likeness (QED) is 0.476. The van der Waals surface area contributed by atoms with Crippen LogP contribution in [0.3, 0.4) is 0 Å². The molecule has 42 valence electrons. The van der Waals surface area contributed by atoms with Crippen LogP contribution in [0.1, 0.15) is 13.3 Å². The molecule has 1 rings (SSSR count).